The number of furan rings is 1. The van der Waals surface area contributed by atoms with Crippen LogP contribution in [0.5, 0.6) is 0 Å². The highest BCUT2D eigenvalue weighted by Crippen LogP contribution is 2.39. The van der Waals surface area contributed by atoms with Crippen LogP contribution < -0.4 is 20.7 Å². The summed E-state index contributed by atoms with van der Waals surface area (Å²) < 4.78 is 7.30. The van der Waals surface area contributed by atoms with Gasteiger partial charge in [0.1, 0.15) is 16.8 Å². The number of benzene rings is 1. The molecule has 1 aliphatic rings. The van der Waals surface area contributed by atoms with Crippen molar-refractivity contribution in [2.75, 3.05) is 29.9 Å². The number of nitrogens with one attached hydrogen (secondary N) is 1. The van der Waals surface area contributed by atoms with Crippen LogP contribution in [-0.2, 0) is 40.6 Å². The molecule has 44 heavy (non-hydrogen) atoms. The Kier molecular flexibility index (Phi) is 8.68. The maximum atomic E-state index is 13.4. The number of anilines is 2. The van der Waals surface area contributed by atoms with E-state index in [0.717, 1.165) is 16.8 Å². The third kappa shape index (κ3) is 5.87. The molecule has 1 aliphatic heterocycles. The molecule has 4 heterocycles. The Bertz CT molecular complexity index is 1770. The molecule has 11 nitrogen and oxygen atoms in total. The summed E-state index contributed by atoms with van der Waals surface area (Å²) in [5.41, 5.74) is 3.26. The molecule has 11 heteroatoms. The Morgan fingerprint density at radius 3 is 2.59 bits per heavy atom. The second-order valence-corrected chi connectivity index (χ2v) is 11.6. The van der Waals surface area contributed by atoms with E-state index in [1.54, 1.807) is 59.8 Å². The van der Waals surface area contributed by atoms with Gasteiger partial charge in [-0.2, -0.15) is 0 Å². The molecule has 0 radical (unpaired) electrons. The molecule has 0 bridgehead atoms. The summed E-state index contributed by atoms with van der Waals surface area (Å²) in [4.78, 5) is 60.8. The highest BCUT2D eigenvalue weighted by atomic mass is 16.3. The summed E-state index contributed by atoms with van der Waals surface area (Å²) in [6, 6.07) is 13.2. The summed E-state index contributed by atoms with van der Waals surface area (Å²) in [5, 5.41) is 3.24. The molecular weight excluding hydrogens is 560 g/mol. The van der Waals surface area contributed by atoms with E-state index < -0.39 is 5.41 Å². The van der Waals surface area contributed by atoms with Crippen molar-refractivity contribution in [1.29, 1.82) is 0 Å². The van der Waals surface area contributed by atoms with Crippen molar-refractivity contribution >= 4 is 40.6 Å². The first-order valence-corrected chi connectivity index (χ1v) is 14.7. The van der Waals surface area contributed by atoms with Gasteiger partial charge in [-0.25, -0.2) is 0 Å². The van der Waals surface area contributed by atoms with Crippen LogP contribution in [0.3, 0.4) is 0 Å². The van der Waals surface area contributed by atoms with Gasteiger partial charge in [-0.05, 0) is 69.2 Å². The minimum absolute atomic E-state index is 0.117. The fraction of sp³-hybridized carbons (Fsp3) is 0.364. The number of pyridine rings is 2. The molecule has 230 valence electrons. The van der Waals surface area contributed by atoms with Gasteiger partial charge in [0, 0.05) is 52.2 Å². The molecule has 1 aromatic carbocycles. The molecule has 0 saturated heterocycles. The Labute approximate surface area is 256 Å². The minimum Gasteiger partial charge on any atom is -0.461 e. The highest BCUT2D eigenvalue weighted by molar-refractivity contribution is 6.19. The number of nitrogens with zero attached hydrogens (tertiary/aromatic N) is 5. The molecule has 0 saturated carbocycles. The van der Waals surface area contributed by atoms with Gasteiger partial charge in [-0.15, -0.1) is 0 Å². The van der Waals surface area contributed by atoms with E-state index in [4.69, 9.17) is 4.42 Å². The molecule has 0 unspecified atom stereocenters. The molecule has 0 fully saturated rings. The Balaban J connectivity index is 1.48. The fourth-order valence-corrected chi connectivity index (χ4v) is 5.80. The summed E-state index contributed by atoms with van der Waals surface area (Å²) in [7, 11) is 1.71. The van der Waals surface area contributed by atoms with Crippen molar-refractivity contribution in [3.8, 4) is 0 Å². The maximum absolute atomic E-state index is 13.4. The molecule has 3 amide bonds. The topological polar surface area (TPSA) is 121 Å². The predicted molar refractivity (Wildman–Crippen MR) is 168 cm³/mol. The van der Waals surface area contributed by atoms with Gasteiger partial charge in [0.2, 0.25) is 18.2 Å². The molecule has 5 rings (SSSR count). The standard InChI is InChI=1S/C33H38N6O5/c1-6-39-27-10-9-23(17-28(27)36(5)31(42)33(3,4)32(39)43)19-37(20-24-8-7-12-35-26(24)18-34-21-40)14-15-38-13-11-29-25(30(38)41)16-22(2)44-29/h7-13,16-17,21H,6,14-15,18-20H2,1-5H3,(H,34,40). The third-order valence-corrected chi connectivity index (χ3v) is 8.20. The summed E-state index contributed by atoms with van der Waals surface area (Å²) in [5.74, 6) is 0.191. The Morgan fingerprint density at radius 1 is 1.05 bits per heavy atom. The Hall–Kier alpha value is -4.77. The second-order valence-electron chi connectivity index (χ2n) is 11.6. The zero-order valence-corrected chi connectivity index (χ0v) is 25.8. The van der Waals surface area contributed by atoms with Crippen LogP contribution in [0.1, 0.15) is 43.4 Å². The smallest absolute Gasteiger partial charge is 0.261 e. The van der Waals surface area contributed by atoms with E-state index in [1.807, 2.05) is 44.2 Å². The number of aromatic nitrogens is 2. The molecular formula is C33H38N6O5. The van der Waals surface area contributed by atoms with Crippen LogP contribution in [0.15, 0.2) is 64.1 Å². The van der Waals surface area contributed by atoms with E-state index in [2.05, 4.69) is 15.2 Å². The number of aryl methyl sites for hydroxylation is 1. The number of hydrogen-bond acceptors (Lipinski definition) is 7. The zero-order valence-electron chi connectivity index (χ0n) is 25.8. The summed E-state index contributed by atoms with van der Waals surface area (Å²) >= 11 is 0. The van der Waals surface area contributed by atoms with Gasteiger partial charge in [-0.3, -0.25) is 29.1 Å². The molecule has 0 spiro atoms. The lowest BCUT2D eigenvalue weighted by molar-refractivity contribution is -0.137. The van der Waals surface area contributed by atoms with Gasteiger partial charge in [0.25, 0.3) is 5.56 Å². The van der Waals surface area contributed by atoms with Crippen LogP contribution in [0.4, 0.5) is 11.4 Å². The van der Waals surface area contributed by atoms with Gasteiger partial charge in [-0.1, -0.05) is 12.1 Å². The quantitative estimate of drug-likeness (QED) is 0.207. The van der Waals surface area contributed by atoms with Crippen molar-refractivity contribution in [1.82, 2.24) is 19.8 Å². The van der Waals surface area contributed by atoms with Crippen LogP contribution in [0.2, 0.25) is 0 Å². The van der Waals surface area contributed by atoms with E-state index in [1.165, 1.54) is 0 Å². The van der Waals surface area contributed by atoms with Crippen molar-refractivity contribution in [3.63, 3.8) is 0 Å². The van der Waals surface area contributed by atoms with Gasteiger partial charge < -0.3 is 24.1 Å². The monoisotopic (exact) mass is 598 g/mol. The molecule has 0 atom stereocenters. The van der Waals surface area contributed by atoms with E-state index in [-0.39, 0.29) is 17.4 Å². The van der Waals surface area contributed by atoms with E-state index in [9.17, 15) is 19.2 Å². The summed E-state index contributed by atoms with van der Waals surface area (Å²) in [6.45, 7) is 9.74. The number of amides is 3. The van der Waals surface area contributed by atoms with E-state index >= 15 is 0 Å². The van der Waals surface area contributed by atoms with Crippen LogP contribution in [0, 0.1) is 12.3 Å². The lowest BCUT2D eigenvalue weighted by Gasteiger charge is -2.27. The average molecular weight is 599 g/mol. The first kappa shape index (κ1) is 30.7. The molecule has 0 aliphatic carbocycles. The zero-order chi connectivity index (χ0) is 31.6. The van der Waals surface area contributed by atoms with Crippen LogP contribution in [-0.4, -0.2) is 52.8 Å². The normalized spacial score (nSPS) is 14.7. The number of carbonyl (C=O) groups excluding carboxylic acids is 3. The first-order chi connectivity index (χ1) is 21.0. The van der Waals surface area contributed by atoms with Crippen LogP contribution >= 0.6 is 0 Å². The van der Waals surface area contributed by atoms with Crippen molar-refractivity contribution in [2.45, 2.75) is 53.9 Å². The lowest BCUT2D eigenvalue weighted by atomic mass is 9.90. The maximum Gasteiger partial charge on any atom is 0.261 e. The van der Waals surface area contributed by atoms with Crippen molar-refractivity contribution in [3.05, 3.63) is 87.8 Å². The van der Waals surface area contributed by atoms with Gasteiger partial charge >= 0.3 is 0 Å². The number of hydrogen-bond donors (Lipinski definition) is 1. The number of fused-ring (bicyclic) bond motifs is 2. The average Bonchev–Trinajstić information content (AvgIpc) is 3.39. The molecule has 4 aromatic rings. The largest absolute Gasteiger partial charge is 0.461 e. The lowest BCUT2D eigenvalue weighted by Crippen LogP contribution is -2.47. The van der Waals surface area contributed by atoms with Crippen molar-refractivity contribution in [2.24, 2.45) is 5.41 Å². The third-order valence-electron chi connectivity index (χ3n) is 8.20. The highest BCUT2D eigenvalue weighted by Gasteiger charge is 2.45. The number of carbonyl (C=O) groups is 3. The molecule has 3 aromatic heterocycles. The van der Waals surface area contributed by atoms with Gasteiger partial charge in [0.05, 0.1) is 29.0 Å². The predicted octanol–water partition coefficient (Wildman–Crippen LogP) is 3.60. The number of rotatable bonds is 11. The second kappa shape index (κ2) is 12.5. The van der Waals surface area contributed by atoms with Gasteiger partial charge in [0.15, 0.2) is 0 Å². The summed E-state index contributed by atoms with van der Waals surface area (Å²) in [6.07, 6.45) is 4.09. The SMILES string of the molecule is CCN1C(=O)C(C)(C)C(=O)N(C)c2cc(CN(CCn3ccc4oc(C)cc4c3=O)Cc3cccnc3CNC=O)ccc21. The van der Waals surface area contributed by atoms with Crippen molar-refractivity contribution < 1.29 is 18.8 Å². The minimum atomic E-state index is -1.19. The Morgan fingerprint density at radius 2 is 1.84 bits per heavy atom. The van der Waals surface area contributed by atoms with Crippen LogP contribution in [0.25, 0.3) is 11.0 Å². The molecule has 1 N–H and O–H groups in total. The van der Waals surface area contributed by atoms with E-state index in [0.29, 0.717) is 73.8 Å². The first-order valence-electron chi connectivity index (χ1n) is 14.7. The fourth-order valence-electron chi connectivity index (χ4n) is 5.80.